The summed E-state index contributed by atoms with van der Waals surface area (Å²) in [5, 5.41) is 0. The zero-order chi connectivity index (χ0) is 14.6. The number of hydrogen-bond acceptors (Lipinski definition) is 5. The van der Waals surface area contributed by atoms with Gasteiger partial charge in [-0.15, -0.1) is 0 Å². The van der Waals surface area contributed by atoms with Crippen LogP contribution in [0.5, 0.6) is 5.75 Å². The van der Waals surface area contributed by atoms with Gasteiger partial charge in [0.1, 0.15) is 11.6 Å². The highest BCUT2D eigenvalue weighted by atomic mass is 32.2. The number of nitrogens with one attached hydrogen (secondary N) is 1. The molecule has 20 heavy (non-hydrogen) atoms. The standard InChI is InChI=1S/C13H15N3O3S/c1-19-11-4-2-3-10(7-11)9-16-20(17,18)12-5-6-15-13(14)8-12/h2-8,16H,9H2,1H3,(H2,14,15). The van der Waals surface area contributed by atoms with E-state index in [4.69, 9.17) is 10.5 Å². The second-order valence-electron chi connectivity index (χ2n) is 4.09. The average molecular weight is 293 g/mol. The number of hydrogen-bond donors (Lipinski definition) is 2. The van der Waals surface area contributed by atoms with Gasteiger partial charge in [0.2, 0.25) is 10.0 Å². The molecule has 0 unspecified atom stereocenters. The summed E-state index contributed by atoms with van der Waals surface area (Å²) in [5.41, 5.74) is 6.28. The molecule has 0 amide bonds. The number of nitrogen functional groups attached to an aromatic ring is 1. The molecule has 0 saturated carbocycles. The molecule has 106 valence electrons. The van der Waals surface area contributed by atoms with Crippen LogP contribution >= 0.6 is 0 Å². The molecular weight excluding hydrogens is 278 g/mol. The maximum Gasteiger partial charge on any atom is 0.241 e. The molecule has 0 aliphatic rings. The molecule has 2 aromatic rings. The summed E-state index contributed by atoms with van der Waals surface area (Å²) in [6.45, 7) is 0.168. The van der Waals surface area contributed by atoms with Gasteiger partial charge in [-0.3, -0.25) is 0 Å². The lowest BCUT2D eigenvalue weighted by Crippen LogP contribution is -2.23. The van der Waals surface area contributed by atoms with Crippen molar-refractivity contribution in [2.24, 2.45) is 0 Å². The van der Waals surface area contributed by atoms with Crippen LogP contribution in [0.3, 0.4) is 0 Å². The van der Waals surface area contributed by atoms with E-state index in [0.29, 0.717) is 5.75 Å². The minimum absolute atomic E-state index is 0.0906. The number of benzene rings is 1. The summed E-state index contributed by atoms with van der Waals surface area (Å²) in [5.74, 6) is 0.837. The van der Waals surface area contributed by atoms with E-state index in [9.17, 15) is 8.42 Å². The highest BCUT2D eigenvalue weighted by molar-refractivity contribution is 7.89. The fourth-order valence-corrected chi connectivity index (χ4v) is 2.68. The van der Waals surface area contributed by atoms with Gasteiger partial charge in [0.15, 0.2) is 0 Å². The highest BCUT2D eigenvalue weighted by Gasteiger charge is 2.14. The number of nitrogens with zero attached hydrogens (tertiary/aromatic N) is 1. The maximum absolute atomic E-state index is 12.1. The van der Waals surface area contributed by atoms with Crippen molar-refractivity contribution in [1.29, 1.82) is 0 Å². The van der Waals surface area contributed by atoms with Gasteiger partial charge >= 0.3 is 0 Å². The number of rotatable bonds is 5. The van der Waals surface area contributed by atoms with Crippen molar-refractivity contribution in [1.82, 2.24) is 9.71 Å². The zero-order valence-electron chi connectivity index (χ0n) is 10.9. The number of sulfonamides is 1. The summed E-state index contributed by atoms with van der Waals surface area (Å²) in [6, 6.07) is 9.88. The molecule has 0 aliphatic heterocycles. The van der Waals surface area contributed by atoms with Gasteiger partial charge in [-0.05, 0) is 23.8 Å². The highest BCUT2D eigenvalue weighted by Crippen LogP contribution is 2.14. The Kier molecular flexibility index (Phi) is 4.21. The Morgan fingerprint density at radius 1 is 1.30 bits per heavy atom. The van der Waals surface area contributed by atoms with Crippen LogP contribution in [0.25, 0.3) is 0 Å². The second-order valence-corrected chi connectivity index (χ2v) is 5.86. The first kappa shape index (κ1) is 14.3. The Labute approximate surface area is 117 Å². The van der Waals surface area contributed by atoms with E-state index < -0.39 is 10.0 Å². The van der Waals surface area contributed by atoms with E-state index in [2.05, 4.69) is 9.71 Å². The van der Waals surface area contributed by atoms with Crippen molar-refractivity contribution >= 4 is 15.8 Å². The Hall–Kier alpha value is -2.12. The van der Waals surface area contributed by atoms with Crippen molar-refractivity contribution in [2.75, 3.05) is 12.8 Å². The van der Waals surface area contributed by atoms with E-state index in [1.54, 1.807) is 25.3 Å². The van der Waals surface area contributed by atoms with Gasteiger partial charge < -0.3 is 10.5 Å². The molecule has 0 fully saturated rings. The Morgan fingerprint density at radius 3 is 2.80 bits per heavy atom. The molecule has 2 rings (SSSR count). The Balaban J connectivity index is 2.13. The van der Waals surface area contributed by atoms with Crippen LogP contribution in [0.2, 0.25) is 0 Å². The van der Waals surface area contributed by atoms with Gasteiger partial charge in [-0.1, -0.05) is 12.1 Å². The molecule has 0 radical (unpaired) electrons. The van der Waals surface area contributed by atoms with Gasteiger partial charge in [0.05, 0.1) is 12.0 Å². The van der Waals surface area contributed by atoms with Crippen molar-refractivity contribution in [3.63, 3.8) is 0 Å². The minimum Gasteiger partial charge on any atom is -0.497 e. The molecule has 3 N–H and O–H groups in total. The van der Waals surface area contributed by atoms with E-state index >= 15 is 0 Å². The molecule has 1 aromatic carbocycles. The third-order valence-corrected chi connectivity index (χ3v) is 4.06. The quantitative estimate of drug-likeness (QED) is 0.862. The first-order valence-corrected chi connectivity index (χ1v) is 7.34. The molecule has 1 heterocycles. The van der Waals surface area contributed by atoms with E-state index in [-0.39, 0.29) is 17.3 Å². The lowest BCUT2D eigenvalue weighted by atomic mass is 10.2. The Bertz CT molecular complexity index is 702. The largest absolute Gasteiger partial charge is 0.497 e. The predicted octanol–water partition coefficient (Wildman–Crippen LogP) is 1.15. The normalized spacial score (nSPS) is 11.2. The monoisotopic (exact) mass is 293 g/mol. The molecule has 0 bridgehead atoms. The number of aromatic nitrogens is 1. The zero-order valence-corrected chi connectivity index (χ0v) is 11.7. The summed E-state index contributed by atoms with van der Waals surface area (Å²) in [6.07, 6.45) is 1.36. The maximum atomic E-state index is 12.1. The topological polar surface area (TPSA) is 94.3 Å². The first-order valence-electron chi connectivity index (χ1n) is 5.85. The molecule has 6 nitrogen and oxygen atoms in total. The molecule has 0 spiro atoms. The second kappa shape index (κ2) is 5.89. The summed E-state index contributed by atoms with van der Waals surface area (Å²) in [7, 11) is -2.05. The fourth-order valence-electron chi connectivity index (χ4n) is 1.64. The van der Waals surface area contributed by atoms with Crippen LogP contribution in [0, 0.1) is 0 Å². The van der Waals surface area contributed by atoms with Crippen molar-refractivity contribution in [3.05, 3.63) is 48.2 Å². The van der Waals surface area contributed by atoms with Gasteiger partial charge in [-0.25, -0.2) is 18.1 Å². The van der Waals surface area contributed by atoms with E-state index in [1.807, 2.05) is 6.07 Å². The Morgan fingerprint density at radius 2 is 2.10 bits per heavy atom. The molecule has 0 aliphatic carbocycles. The number of ether oxygens (including phenoxy) is 1. The number of nitrogens with two attached hydrogens (primary N) is 1. The lowest BCUT2D eigenvalue weighted by Gasteiger charge is -2.08. The van der Waals surface area contributed by atoms with Crippen LogP contribution in [0.1, 0.15) is 5.56 Å². The van der Waals surface area contributed by atoms with Crippen molar-refractivity contribution in [2.45, 2.75) is 11.4 Å². The molecular formula is C13H15N3O3S. The number of methoxy groups -OCH3 is 1. The van der Waals surface area contributed by atoms with Crippen LogP contribution in [0.4, 0.5) is 5.82 Å². The number of pyridine rings is 1. The van der Waals surface area contributed by atoms with Crippen LogP contribution < -0.4 is 15.2 Å². The van der Waals surface area contributed by atoms with Gasteiger partial charge in [-0.2, -0.15) is 0 Å². The summed E-state index contributed by atoms with van der Waals surface area (Å²) < 4.78 is 31.8. The molecule has 0 atom stereocenters. The summed E-state index contributed by atoms with van der Waals surface area (Å²) >= 11 is 0. The summed E-state index contributed by atoms with van der Waals surface area (Å²) in [4.78, 5) is 3.85. The fraction of sp³-hybridized carbons (Fsp3) is 0.154. The van der Waals surface area contributed by atoms with Crippen molar-refractivity contribution in [3.8, 4) is 5.75 Å². The third-order valence-electron chi connectivity index (χ3n) is 2.66. The van der Waals surface area contributed by atoms with Crippen LogP contribution in [-0.4, -0.2) is 20.5 Å². The third kappa shape index (κ3) is 3.46. The van der Waals surface area contributed by atoms with E-state index in [1.165, 1.54) is 18.3 Å². The smallest absolute Gasteiger partial charge is 0.241 e. The number of anilines is 1. The first-order chi connectivity index (χ1) is 9.51. The van der Waals surface area contributed by atoms with Gasteiger partial charge in [0.25, 0.3) is 0 Å². The van der Waals surface area contributed by atoms with Gasteiger partial charge in [0, 0.05) is 18.8 Å². The minimum atomic E-state index is -3.61. The molecule has 0 saturated heterocycles. The predicted molar refractivity (Wildman–Crippen MR) is 75.7 cm³/mol. The lowest BCUT2D eigenvalue weighted by molar-refractivity contribution is 0.414. The van der Waals surface area contributed by atoms with Crippen LogP contribution in [-0.2, 0) is 16.6 Å². The SMILES string of the molecule is COc1cccc(CNS(=O)(=O)c2ccnc(N)c2)c1. The average Bonchev–Trinajstić information content (AvgIpc) is 2.45. The van der Waals surface area contributed by atoms with Crippen molar-refractivity contribution < 1.29 is 13.2 Å². The van der Waals surface area contributed by atoms with Crippen LogP contribution in [0.15, 0.2) is 47.5 Å². The molecule has 1 aromatic heterocycles. The van der Waals surface area contributed by atoms with E-state index in [0.717, 1.165) is 5.56 Å². The molecule has 7 heteroatoms.